The minimum Gasteiger partial charge on any atom is -0.465 e. The van der Waals surface area contributed by atoms with Crippen LogP contribution < -0.4 is 10.6 Å². The zero-order valence-electron chi connectivity index (χ0n) is 22.1. The molecule has 37 heavy (non-hydrogen) atoms. The van der Waals surface area contributed by atoms with Crippen LogP contribution in [-0.2, 0) is 11.5 Å². The van der Waals surface area contributed by atoms with E-state index in [0.717, 1.165) is 35.6 Å². The van der Waals surface area contributed by atoms with Gasteiger partial charge in [0, 0.05) is 58.1 Å². The molecule has 0 aliphatic carbocycles. The summed E-state index contributed by atoms with van der Waals surface area (Å²) in [6, 6.07) is 2.89. The topological polar surface area (TPSA) is 135 Å². The number of amides is 2. The second-order valence-corrected chi connectivity index (χ2v) is 16.4. The normalized spacial score (nSPS) is 18.2. The molecule has 2 amide bonds. The van der Waals surface area contributed by atoms with Gasteiger partial charge in [0.25, 0.3) is 5.91 Å². The molecular formula is C25H36N6O5Si. The molecular weight excluding hydrogens is 492 g/mol. The molecule has 12 heteroatoms. The highest BCUT2D eigenvalue weighted by Crippen LogP contribution is 2.35. The average molecular weight is 529 g/mol. The monoisotopic (exact) mass is 528 g/mol. The lowest BCUT2D eigenvalue weighted by Gasteiger charge is -2.37. The fraction of sp³-hybridized carbons (Fsp3) is 0.520. The molecule has 4 rings (SSSR count). The molecule has 4 heterocycles. The van der Waals surface area contributed by atoms with Gasteiger partial charge in [-0.05, 0) is 31.9 Å². The molecule has 3 aromatic rings. The molecule has 2 atom stereocenters. The zero-order chi connectivity index (χ0) is 26.7. The number of piperidine rings is 1. The van der Waals surface area contributed by atoms with Gasteiger partial charge >= 0.3 is 6.09 Å². The number of anilines is 1. The van der Waals surface area contributed by atoms with Crippen LogP contribution in [0, 0.1) is 0 Å². The summed E-state index contributed by atoms with van der Waals surface area (Å²) < 4.78 is 13.6. The number of rotatable bonds is 9. The van der Waals surface area contributed by atoms with E-state index in [1.54, 1.807) is 6.20 Å². The Balaban J connectivity index is 1.67. The molecule has 1 fully saturated rings. The van der Waals surface area contributed by atoms with Gasteiger partial charge in [0.2, 0.25) is 5.89 Å². The van der Waals surface area contributed by atoms with E-state index in [2.05, 4.69) is 40.2 Å². The molecule has 1 aliphatic heterocycles. The number of fused-ring (bicyclic) bond motifs is 1. The van der Waals surface area contributed by atoms with Crippen molar-refractivity contribution in [3.63, 3.8) is 0 Å². The standard InChI is InChI=1S/C25H36N6O5Si/c1-16-6-7-17(13-31(16)25(33)34)28-21-18-8-9-30(15-35-10-11-37(3,4)5)22(18)27-12-19(21)24-29-20(14-36-24)23(32)26-2/h8-9,12,14,16-17H,6-7,10-11,13,15H2,1-5H3,(H,26,32)(H,27,28)(H,33,34)/t16-,17+/m0/s1. The van der Waals surface area contributed by atoms with Crippen LogP contribution in [0.15, 0.2) is 29.1 Å². The number of carbonyl (C=O) groups excluding carboxylic acids is 1. The Morgan fingerprint density at radius 2 is 2.08 bits per heavy atom. The summed E-state index contributed by atoms with van der Waals surface area (Å²) >= 11 is 0. The molecule has 1 saturated heterocycles. The molecule has 0 bridgehead atoms. The summed E-state index contributed by atoms with van der Waals surface area (Å²) in [5, 5.41) is 16.6. The maximum atomic E-state index is 12.1. The van der Waals surface area contributed by atoms with E-state index in [-0.39, 0.29) is 29.6 Å². The van der Waals surface area contributed by atoms with Gasteiger partial charge in [-0.25, -0.2) is 14.8 Å². The van der Waals surface area contributed by atoms with Gasteiger partial charge < -0.3 is 34.4 Å². The third kappa shape index (κ3) is 6.13. The van der Waals surface area contributed by atoms with Crippen molar-refractivity contribution in [3.05, 3.63) is 30.4 Å². The van der Waals surface area contributed by atoms with E-state index >= 15 is 0 Å². The molecule has 0 unspecified atom stereocenters. The molecule has 0 aromatic carbocycles. The summed E-state index contributed by atoms with van der Waals surface area (Å²) in [6.07, 6.45) is 5.54. The maximum Gasteiger partial charge on any atom is 0.407 e. The number of likely N-dealkylation sites (tertiary alicyclic amines) is 1. The lowest BCUT2D eigenvalue weighted by Crippen LogP contribution is -2.49. The van der Waals surface area contributed by atoms with Gasteiger partial charge in [-0.1, -0.05) is 19.6 Å². The summed E-state index contributed by atoms with van der Waals surface area (Å²) in [6.45, 7) is 10.3. The first-order valence-corrected chi connectivity index (χ1v) is 16.3. The van der Waals surface area contributed by atoms with E-state index in [0.29, 0.717) is 25.4 Å². The second kappa shape index (κ2) is 10.9. The highest BCUT2D eigenvalue weighted by molar-refractivity contribution is 6.76. The average Bonchev–Trinajstić information content (AvgIpc) is 3.50. The number of aromatic nitrogens is 3. The number of ether oxygens (including phenoxy) is 1. The van der Waals surface area contributed by atoms with Crippen molar-refractivity contribution in [3.8, 4) is 11.5 Å². The summed E-state index contributed by atoms with van der Waals surface area (Å²) in [5.41, 5.74) is 2.23. The van der Waals surface area contributed by atoms with E-state index in [1.165, 1.54) is 18.2 Å². The van der Waals surface area contributed by atoms with Crippen molar-refractivity contribution < 1.29 is 23.8 Å². The van der Waals surface area contributed by atoms with Gasteiger partial charge in [0.05, 0.1) is 11.3 Å². The van der Waals surface area contributed by atoms with Crippen LogP contribution in [0.1, 0.15) is 30.3 Å². The van der Waals surface area contributed by atoms with Crippen molar-refractivity contribution in [2.45, 2.75) is 64.3 Å². The second-order valence-electron chi connectivity index (χ2n) is 10.7. The van der Waals surface area contributed by atoms with Crippen LogP contribution in [0.5, 0.6) is 0 Å². The summed E-state index contributed by atoms with van der Waals surface area (Å²) in [5.74, 6) is -0.0903. The molecule has 0 radical (unpaired) electrons. The van der Waals surface area contributed by atoms with Gasteiger partial charge in [0.1, 0.15) is 18.6 Å². The first-order valence-electron chi connectivity index (χ1n) is 12.6. The van der Waals surface area contributed by atoms with Crippen LogP contribution in [-0.4, -0.2) is 76.9 Å². The maximum absolute atomic E-state index is 12.1. The number of nitrogens with one attached hydrogen (secondary N) is 2. The Hall–Kier alpha value is -3.38. The van der Waals surface area contributed by atoms with Crippen LogP contribution in [0.25, 0.3) is 22.5 Å². The molecule has 3 aromatic heterocycles. The quantitative estimate of drug-likeness (QED) is 0.276. The lowest BCUT2D eigenvalue weighted by atomic mass is 9.99. The summed E-state index contributed by atoms with van der Waals surface area (Å²) in [4.78, 5) is 34.3. The van der Waals surface area contributed by atoms with Gasteiger partial charge in [0.15, 0.2) is 5.69 Å². The Morgan fingerprint density at radius 3 is 2.78 bits per heavy atom. The number of pyridine rings is 1. The predicted molar refractivity (Wildman–Crippen MR) is 144 cm³/mol. The summed E-state index contributed by atoms with van der Waals surface area (Å²) in [7, 11) is 0.341. The van der Waals surface area contributed by atoms with E-state index < -0.39 is 14.2 Å². The number of hydrogen-bond acceptors (Lipinski definition) is 7. The van der Waals surface area contributed by atoms with Crippen molar-refractivity contribution in [2.75, 3.05) is 25.5 Å². The first kappa shape index (κ1) is 26.7. The number of oxazole rings is 1. The van der Waals surface area contributed by atoms with Crippen molar-refractivity contribution in [1.29, 1.82) is 0 Å². The first-order chi connectivity index (χ1) is 17.6. The minimum atomic E-state index is -1.19. The number of hydrogen-bond donors (Lipinski definition) is 3. The Labute approximate surface area is 217 Å². The fourth-order valence-electron chi connectivity index (χ4n) is 4.43. The number of carboxylic acid groups (broad SMARTS) is 1. The molecule has 11 nitrogen and oxygen atoms in total. The van der Waals surface area contributed by atoms with Crippen LogP contribution in [0.4, 0.5) is 10.5 Å². The Kier molecular flexibility index (Phi) is 7.88. The lowest BCUT2D eigenvalue weighted by molar-refractivity contribution is 0.0898. The highest BCUT2D eigenvalue weighted by Gasteiger charge is 2.30. The van der Waals surface area contributed by atoms with E-state index in [4.69, 9.17) is 9.15 Å². The predicted octanol–water partition coefficient (Wildman–Crippen LogP) is 4.31. The molecule has 0 spiro atoms. The van der Waals surface area contributed by atoms with Crippen molar-refractivity contribution in [1.82, 2.24) is 24.8 Å². The zero-order valence-corrected chi connectivity index (χ0v) is 23.1. The molecule has 3 N–H and O–H groups in total. The highest BCUT2D eigenvalue weighted by atomic mass is 28.3. The SMILES string of the molecule is CNC(=O)c1coc(-c2cnc3c(ccn3COCC[Si](C)(C)C)c2N[C@@H]2CC[C@H](C)N(C(=O)O)C2)n1. The molecule has 0 saturated carbocycles. The van der Waals surface area contributed by atoms with Crippen LogP contribution >= 0.6 is 0 Å². The molecule has 1 aliphatic rings. The van der Waals surface area contributed by atoms with E-state index in [9.17, 15) is 14.7 Å². The van der Waals surface area contributed by atoms with Crippen LogP contribution in [0.3, 0.4) is 0 Å². The smallest absolute Gasteiger partial charge is 0.407 e. The van der Waals surface area contributed by atoms with E-state index in [1.807, 2.05) is 23.8 Å². The number of carbonyl (C=O) groups is 2. The fourth-order valence-corrected chi connectivity index (χ4v) is 5.18. The minimum absolute atomic E-state index is 0.0382. The number of nitrogens with zero attached hydrogens (tertiary/aromatic N) is 4. The largest absolute Gasteiger partial charge is 0.465 e. The Bertz CT molecular complexity index is 1270. The molecule has 200 valence electrons. The van der Waals surface area contributed by atoms with Crippen LogP contribution in [0.2, 0.25) is 25.7 Å². The van der Waals surface area contributed by atoms with Crippen molar-refractivity contribution >= 4 is 36.8 Å². The third-order valence-corrected chi connectivity index (χ3v) is 8.39. The van der Waals surface area contributed by atoms with Crippen molar-refractivity contribution in [2.24, 2.45) is 0 Å². The van der Waals surface area contributed by atoms with Gasteiger partial charge in [-0.15, -0.1) is 0 Å². The third-order valence-electron chi connectivity index (χ3n) is 6.69. The van der Waals surface area contributed by atoms with Gasteiger partial charge in [-0.2, -0.15) is 0 Å². The Morgan fingerprint density at radius 1 is 1.30 bits per heavy atom. The van der Waals surface area contributed by atoms with Gasteiger partial charge in [-0.3, -0.25) is 4.79 Å².